The van der Waals surface area contributed by atoms with Crippen LogP contribution < -0.4 is 10.2 Å². The molecule has 1 aromatic rings. The Balaban J connectivity index is 2.10. The van der Waals surface area contributed by atoms with Gasteiger partial charge in [-0.05, 0) is 25.5 Å². The second-order valence-electron chi connectivity index (χ2n) is 5.97. The maximum atomic E-state index is 12.6. The number of rotatable bonds is 6. The summed E-state index contributed by atoms with van der Waals surface area (Å²) in [6.45, 7) is 4.99. The number of amides is 3. The molecule has 0 aliphatic carbocycles. The van der Waals surface area contributed by atoms with Gasteiger partial charge in [0.15, 0.2) is 0 Å². The molecule has 1 saturated heterocycles. The van der Waals surface area contributed by atoms with Crippen LogP contribution in [0.15, 0.2) is 18.2 Å². The molecule has 8 heteroatoms. The molecule has 0 bridgehead atoms. The number of carboxylic acid groups (broad SMARTS) is 1. The molecule has 134 valence electrons. The number of carbonyl (C=O) groups excluding carboxylic acids is 3. The van der Waals surface area contributed by atoms with Crippen molar-refractivity contribution < 1.29 is 24.3 Å². The van der Waals surface area contributed by atoms with E-state index in [1.54, 1.807) is 6.07 Å². The van der Waals surface area contributed by atoms with Crippen molar-refractivity contribution in [1.29, 1.82) is 0 Å². The summed E-state index contributed by atoms with van der Waals surface area (Å²) in [5, 5.41) is 10.8. The lowest BCUT2D eigenvalue weighted by molar-refractivity contribution is -0.140. The molecule has 2 N–H and O–H groups in total. The van der Waals surface area contributed by atoms with Crippen LogP contribution in [0.2, 0.25) is 0 Å². The van der Waals surface area contributed by atoms with Crippen LogP contribution in [0.5, 0.6) is 0 Å². The minimum Gasteiger partial charge on any atom is -0.480 e. The number of aryl methyl sites for hydroxylation is 2. The van der Waals surface area contributed by atoms with E-state index < -0.39 is 23.2 Å². The fourth-order valence-corrected chi connectivity index (χ4v) is 3.84. The van der Waals surface area contributed by atoms with Gasteiger partial charge in [-0.25, -0.2) is 9.69 Å². The summed E-state index contributed by atoms with van der Waals surface area (Å²) in [5.41, 5.74) is 2.42. The smallest absolute Gasteiger partial charge is 0.327 e. The number of imide groups is 1. The summed E-state index contributed by atoms with van der Waals surface area (Å²) in [6, 6.07) is 4.37. The largest absolute Gasteiger partial charge is 0.480 e. The normalized spacial score (nSPS) is 18.4. The van der Waals surface area contributed by atoms with Crippen molar-refractivity contribution in [1.82, 2.24) is 5.32 Å². The Bertz CT molecular complexity index is 734. The molecule has 0 aromatic heterocycles. The summed E-state index contributed by atoms with van der Waals surface area (Å²) < 4.78 is 0. The molecule has 3 amide bonds. The highest BCUT2D eigenvalue weighted by Gasteiger charge is 2.41. The molecule has 1 fully saturated rings. The average molecular weight is 364 g/mol. The average Bonchev–Trinajstić information content (AvgIpc) is 2.78. The maximum Gasteiger partial charge on any atom is 0.327 e. The van der Waals surface area contributed by atoms with Gasteiger partial charge in [-0.15, -0.1) is 11.8 Å². The van der Waals surface area contributed by atoms with Crippen molar-refractivity contribution in [3.8, 4) is 0 Å². The lowest BCUT2D eigenvalue weighted by Crippen LogP contribution is -2.42. The second kappa shape index (κ2) is 7.69. The number of carbonyl (C=O) groups is 4. The van der Waals surface area contributed by atoms with Crippen LogP contribution in [0.25, 0.3) is 0 Å². The quantitative estimate of drug-likeness (QED) is 0.737. The van der Waals surface area contributed by atoms with Crippen molar-refractivity contribution in [3.63, 3.8) is 0 Å². The number of hydrogen-bond donors (Lipinski definition) is 2. The first-order valence-corrected chi connectivity index (χ1v) is 8.81. The van der Waals surface area contributed by atoms with Gasteiger partial charge in [-0.3, -0.25) is 14.4 Å². The van der Waals surface area contributed by atoms with Crippen LogP contribution in [-0.4, -0.2) is 45.8 Å². The van der Waals surface area contributed by atoms with Crippen LogP contribution in [0.3, 0.4) is 0 Å². The lowest BCUT2D eigenvalue weighted by atomic mass is 10.1. The molecule has 25 heavy (non-hydrogen) atoms. The van der Waals surface area contributed by atoms with E-state index in [9.17, 15) is 19.2 Å². The van der Waals surface area contributed by atoms with Gasteiger partial charge >= 0.3 is 5.97 Å². The monoisotopic (exact) mass is 364 g/mol. The Morgan fingerprint density at radius 3 is 2.60 bits per heavy atom. The predicted molar refractivity (Wildman–Crippen MR) is 94.5 cm³/mol. The SMILES string of the molecule is CC(=O)N[C@H](CS[C@H]1CC(=O)N(c2ccc(C)cc2C)C1=O)C(=O)O. The molecule has 0 spiro atoms. The zero-order valence-corrected chi connectivity index (χ0v) is 15.1. The van der Waals surface area contributed by atoms with Gasteiger partial charge in [0, 0.05) is 19.1 Å². The number of hydrogen-bond acceptors (Lipinski definition) is 5. The maximum absolute atomic E-state index is 12.6. The minimum absolute atomic E-state index is 0.0132. The Morgan fingerprint density at radius 1 is 1.36 bits per heavy atom. The summed E-state index contributed by atoms with van der Waals surface area (Å²) >= 11 is 1.07. The number of aliphatic carboxylic acids is 1. The molecule has 0 unspecified atom stereocenters. The van der Waals surface area contributed by atoms with E-state index in [1.165, 1.54) is 11.8 Å². The molecule has 1 aromatic carbocycles. The van der Waals surface area contributed by atoms with Crippen LogP contribution in [0.4, 0.5) is 5.69 Å². The van der Waals surface area contributed by atoms with Gasteiger partial charge in [0.05, 0.1) is 10.9 Å². The number of nitrogens with zero attached hydrogens (tertiary/aromatic N) is 1. The zero-order valence-electron chi connectivity index (χ0n) is 14.2. The number of thioether (sulfide) groups is 1. The van der Waals surface area contributed by atoms with Crippen molar-refractivity contribution in [3.05, 3.63) is 29.3 Å². The van der Waals surface area contributed by atoms with E-state index in [-0.39, 0.29) is 24.0 Å². The van der Waals surface area contributed by atoms with Gasteiger partial charge in [0.25, 0.3) is 0 Å². The van der Waals surface area contributed by atoms with E-state index >= 15 is 0 Å². The van der Waals surface area contributed by atoms with Gasteiger partial charge in [-0.2, -0.15) is 0 Å². The zero-order chi connectivity index (χ0) is 18.7. The summed E-state index contributed by atoms with van der Waals surface area (Å²) in [5.74, 6) is -2.28. The van der Waals surface area contributed by atoms with Gasteiger partial charge in [-0.1, -0.05) is 17.7 Å². The Kier molecular flexibility index (Phi) is 5.84. The third-order valence-electron chi connectivity index (χ3n) is 3.84. The Morgan fingerprint density at radius 2 is 2.04 bits per heavy atom. The van der Waals surface area contributed by atoms with E-state index in [1.807, 2.05) is 26.0 Å². The first kappa shape index (κ1) is 19.0. The third kappa shape index (κ3) is 4.39. The molecule has 1 aliphatic rings. The van der Waals surface area contributed by atoms with E-state index in [0.717, 1.165) is 22.9 Å². The lowest BCUT2D eigenvalue weighted by Gasteiger charge is -2.18. The molecular weight excluding hydrogens is 344 g/mol. The van der Waals surface area contributed by atoms with Crippen LogP contribution >= 0.6 is 11.8 Å². The Hall–Kier alpha value is -2.35. The molecular formula is C17H20N2O5S. The van der Waals surface area contributed by atoms with Crippen LogP contribution in [0, 0.1) is 13.8 Å². The molecule has 0 saturated carbocycles. The summed E-state index contributed by atoms with van der Waals surface area (Å²) in [6.07, 6.45) is 0.0171. The molecule has 1 heterocycles. The van der Waals surface area contributed by atoms with Gasteiger partial charge in [0.2, 0.25) is 17.7 Å². The van der Waals surface area contributed by atoms with Gasteiger partial charge < -0.3 is 10.4 Å². The fraction of sp³-hybridized carbons (Fsp3) is 0.412. The van der Waals surface area contributed by atoms with E-state index in [2.05, 4.69) is 5.32 Å². The first-order valence-electron chi connectivity index (χ1n) is 7.76. The number of benzene rings is 1. The van der Waals surface area contributed by atoms with Crippen LogP contribution in [0.1, 0.15) is 24.5 Å². The fourth-order valence-electron chi connectivity index (χ4n) is 2.68. The predicted octanol–water partition coefficient (Wildman–Crippen LogP) is 1.26. The topological polar surface area (TPSA) is 104 Å². The minimum atomic E-state index is -1.18. The molecule has 2 rings (SSSR count). The molecule has 1 aliphatic heterocycles. The molecule has 2 atom stereocenters. The van der Waals surface area contributed by atoms with Crippen molar-refractivity contribution >= 4 is 41.1 Å². The highest BCUT2D eigenvalue weighted by atomic mass is 32.2. The molecule has 7 nitrogen and oxygen atoms in total. The van der Waals surface area contributed by atoms with E-state index in [0.29, 0.717) is 5.69 Å². The van der Waals surface area contributed by atoms with Crippen molar-refractivity contribution in [2.75, 3.05) is 10.7 Å². The first-order chi connectivity index (χ1) is 11.7. The molecule has 0 radical (unpaired) electrons. The van der Waals surface area contributed by atoms with Crippen LogP contribution in [-0.2, 0) is 19.2 Å². The number of carboxylic acids is 1. The van der Waals surface area contributed by atoms with Crippen molar-refractivity contribution in [2.24, 2.45) is 0 Å². The Labute approximate surface area is 149 Å². The number of anilines is 1. The standard InChI is InChI=1S/C17H20N2O5S/c1-9-4-5-13(10(2)6-9)19-15(21)7-14(16(19)22)25-8-12(17(23)24)18-11(3)20/h4-6,12,14H,7-8H2,1-3H3,(H,18,20)(H,23,24)/t12-,14+/m1/s1. The summed E-state index contributed by atoms with van der Waals surface area (Å²) in [4.78, 5) is 48.3. The van der Waals surface area contributed by atoms with Gasteiger partial charge in [0.1, 0.15) is 6.04 Å². The highest BCUT2D eigenvalue weighted by molar-refractivity contribution is 8.00. The highest BCUT2D eigenvalue weighted by Crippen LogP contribution is 2.32. The number of nitrogens with one attached hydrogen (secondary N) is 1. The third-order valence-corrected chi connectivity index (χ3v) is 5.13. The van der Waals surface area contributed by atoms with Crippen molar-refractivity contribution in [2.45, 2.75) is 38.5 Å². The second-order valence-corrected chi connectivity index (χ2v) is 7.21. The summed E-state index contributed by atoms with van der Waals surface area (Å²) in [7, 11) is 0. The van der Waals surface area contributed by atoms with E-state index in [4.69, 9.17) is 5.11 Å².